The van der Waals surface area contributed by atoms with Crippen LogP contribution in [0.3, 0.4) is 0 Å². The summed E-state index contributed by atoms with van der Waals surface area (Å²) in [5.41, 5.74) is 6.84. The molecule has 1 aliphatic rings. The maximum atomic E-state index is 6.46. The highest BCUT2D eigenvalue weighted by Gasteiger charge is 2.20. The number of rotatable bonds is 7. The molecule has 1 N–H and O–H groups in total. The Kier molecular flexibility index (Phi) is 6.35. The van der Waals surface area contributed by atoms with Crippen molar-refractivity contribution >= 4 is 28.2 Å². The van der Waals surface area contributed by atoms with Crippen LogP contribution >= 0.6 is 11.6 Å². The van der Waals surface area contributed by atoms with E-state index in [2.05, 4.69) is 58.5 Å². The van der Waals surface area contributed by atoms with Crippen LogP contribution in [0, 0.1) is 6.92 Å². The van der Waals surface area contributed by atoms with Crippen molar-refractivity contribution in [1.82, 2.24) is 24.7 Å². The monoisotopic (exact) mass is 501 g/mol. The van der Waals surface area contributed by atoms with Gasteiger partial charge in [0.1, 0.15) is 17.0 Å². The van der Waals surface area contributed by atoms with Gasteiger partial charge >= 0.3 is 0 Å². The summed E-state index contributed by atoms with van der Waals surface area (Å²) in [5.74, 6) is 0.800. The molecule has 36 heavy (non-hydrogen) atoms. The van der Waals surface area contributed by atoms with Crippen molar-refractivity contribution in [2.75, 3.05) is 39.5 Å². The van der Waals surface area contributed by atoms with E-state index < -0.39 is 0 Å². The van der Waals surface area contributed by atoms with Crippen LogP contribution in [0.2, 0.25) is 5.02 Å². The predicted octanol–water partition coefficient (Wildman–Crippen LogP) is 5.61. The molecule has 7 nitrogen and oxygen atoms in total. The third-order valence-corrected chi connectivity index (χ3v) is 6.94. The number of morpholine rings is 1. The average Bonchev–Trinajstić information content (AvgIpc) is 3.47. The van der Waals surface area contributed by atoms with Crippen LogP contribution in [-0.4, -0.2) is 64.2 Å². The number of pyridine rings is 1. The fourth-order valence-corrected chi connectivity index (χ4v) is 4.86. The number of aromatic nitrogens is 4. The maximum absolute atomic E-state index is 6.46. The van der Waals surface area contributed by atoms with Crippen LogP contribution in [0.1, 0.15) is 12.0 Å². The van der Waals surface area contributed by atoms with Crippen LogP contribution in [0.5, 0.6) is 5.75 Å². The summed E-state index contributed by atoms with van der Waals surface area (Å²) in [7, 11) is 0. The Bertz CT molecular complexity index is 1480. The zero-order valence-corrected chi connectivity index (χ0v) is 21.0. The number of aromatic amines is 1. The number of aryl methyl sites for hydroxylation is 1. The number of halogens is 1. The van der Waals surface area contributed by atoms with E-state index in [4.69, 9.17) is 26.2 Å². The van der Waals surface area contributed by atoms with Gasteiger partial charge in [-0.15, -0.1) is 5.10 Å². The molecule has 6 rings (SSSR count). The molecule has 184 valence electrons. The molecule has 0 amide bonds. The highest BCUT2D eigenvalue weighted by molar-refractivity contribution is 6.30. The minimum Gasteiger partial charge on any atom is -0.491 e. The fourth-order valence-electron chi connectivity index (χ4n) is 4.74. The molecule has 0 atom stereocenters. The van der Waals surface area contributed by atoms with Crippen molar-refractivity contribution < 1.29 is 9.47 Å². The Labute approximate surface area is 214 Å². The molecular formula is C28H28ClN5O2. The molecule has 1 fully saturated rings. The summed E-state index contributed by atoms with van der Waals surface area (Å²) >= 11 is 6.13. The second kappa shape index (κ2) is 9.93. The quantitative estimate of drug-likeness (QED) is 0.294. The molecule has 1 saturated heterocycles. The normalized spacial score (nSPS) is 14.6. The summed E-state index contributed by atoms with van der Waals surface area (Å²) in [6.45, 7) is 7.28. The van der Waals surface area contributed by atoms with Gasteiger partial charge in [-0.1, -0.05) is 53.6 Å². The fraction of sp³-hybridized carbons (Fsp3) is 0.286. The molecule has 0 unspecified atom stereocenters. The topological polar surface area (TPSA) is 67.7 Å². The summed E-state index contributed by atoms with van der Waals surface area (Å²) in [4.78, 5) is 2.43. The summed E-state index contributed by atoms with van der Waals surface area (Å²) in [6.07, 6.45) is 2.99. The van der Waals surface area contributed by atoms with Gasteiger partial charge in [-0.05, 0) is 37.1 Å². The minimum absolute atomic E-state index is 0.616. The van der Waals surface area contributed by atoms with E-state index in [0.29, 0.717) is 11.6 Å². The van der Waals surface area contributed by atoms with E-state index in [1.165, 1.54) is 5.56 Å². The molecule has 1 aliphatic heterocycles. The van der Waals surface area contributed by atoms with Gasteiger partial charge in [0, 0.05) is 42.0 Å². The number of hydrogen-bond donors (Lipinski definition) is 1. The maximum Gasteiger partial charge on any atom is 0.179 e. The molecule has 0 spiro atoms. The Hall–Kier alpha value is -3.39. The van der Waals surface area contributed by atoms with Crippen LogP contribution in [0.15, 0.2) is 60.8 Å². The summed E-state index contributed by atoms with van der Waals surface area (Å²) in [6, 6.07) is 18.3. The number of hydrogen-bond acceptors (Lipinski definition) is 5. The first-order chi connectivity index (χ1) is 17.7. The Balaban J connectivity index is 1.39. The highest BCUT2D eigenvalue weighted by Crippen LogP contribution is 2.37. The molecule has 3 aromatic heterocycles. The number of nitrogens with one attached hydrogen (secondary N) is 1. The van der Waals surface area contributed by atoms with Crippen molar-refractivity contribution in [1.29, 1.82) is 0 Å². The van der Waals surface area contributed by atoms with Crippen LogP contribution in [-0.2, 0) is 4.74 Å². The van der Waals surface area contributed by atoms with Crippen molar-refractivity contribution in [3.63, 3.8) is 0 Å². The largest absolute Gasteiger partial charge is 0.491 e. The van der Waals surface area contributed by atoms with Gasteiger partial charge in [0.2, 0.25) is 0 Å². The first kappa shape index (κ1) is 23.0. The van der Waals surface area contributed by atoms with Gasteiger partial charge in [0.05, 0.1) is 25.2 Å². The lowest BCUT2D eigenvalue weighted by molar-refractivity contribution is 0.0358. The van der Waals surface area contributed by atoms with Crippen molar-refractivity contribution in [3.05, 3.63) is 71.4 Å². The van der Waals surface area contributed by atoms with Gasteiger partial charge in [0.25, 0.3) is 0 Å². The Morgan fingerprint density at radius 1 is 1.00 bits per heavy atom. The number of ether oxygens (including phenoxy) is 2. The molecular weight excluding hydrogens is 474 g/mol. The molecule has 4 heterocycles. The second-order valence-electron chi connectivity index (χ2n) is 9.21. The average molecular weight is 502 g/mol. The van der Waals surface area contributed by atoms with Crippen LogP contribution in [0.25, 0.3) is 38.9 Å². The molecule has 2 aromatic carbocycles. The highest BCUT2D eigenvalue weighted by atomic mass is 35.5. The Morgan fingerprint density at radius 2 is 1.75 bits per heavy atom. The first-order valence-electron chi connectivity index (χ1n) is 12.3. The van der Waals surface area contributed by atoms with E-state index in [1.54, 1.807) is 0 Å². The molecule has 8 heteroatoms. The minimum atomic E-state index is 0.616. The second-order valence-corrected chi connectivity index (χ2v) is 9.65. The molecule has 0 radical (unpaired) electrons. The van der Waals surface area contributed by atoms with Crippen molar-refractivity contribution in [3.8, 4) is 28.1 Å². The number of benzene rings is 2. The third-order valence-electron chi connectivity index (χ3n) is 6.68. The van der Waals surface area contributed by atoms with E-state index in [9.17, 15) is 0 Å². The van der Waals surface area contributed by atoms with Crippen LogP contribution < -0.4 is 4.74 Å². The molecule has 0 bridgehead atoms. The smallest absolute Gasteiger partial charge is 0.179 e. The first-order valence-corrected chi connectivity index (χ1v) is 12.7. The number of H-pyrrole nitrogens is 1. The van der Waals surface area contributed by atoms with Gasteiger partial charge in [-0.2, -0.15) is 5.10 Å². The number of fused-ring (bicyclic) bond motifs is 3. The lowest BCUT2D eigenvalue weighted by Gasteiger charge is -2.26. The van der Waals surface area contributed by atoms with Crippen LogP contribution in [0.4, 0.5) is 0 Å². The van der Waals surface area contributed by atoms with Gasteiger partial charge in [0.15, 0.2) is 5.65 Å². The van der Waals surface area contributed by atoms with Gasteiger partial charge in [-0.3, -0.25) is 10.00 Å². The standard InChI is InChI=1S/C28H28ClN5O2/c1-19-3-5-20(6-4-19)22-17-24(36-14-2-11-33-12-15-35-16-13-33)27-25-26(21-7-9-23(29)10-8-21)30-31-28(25)32-34(27)18-22/h3-10,17-18H,2,11-16H2,1H3,(H,31,32). The zero-order valence-electron chi connectivity index (χ0n) is 20.2. The zero-order chi connectivity index (χ0) is 24.5. The van der Waals surface area contributed by atoms with E-state index >= 15 is 0 Å². The van der Waals surface area contributed by atoms with E-state index in [-0.39, 0.29) is 0 Å². The SMILES string of the molecule is Cc1ccc(-c2cc(OCCCN3CCOCC3)c3c4c(-c5ccc(Cl)cc5)n[nH]c4nn3c2)cc1. The predicted molar refractivity (Wildman–Crippen MR) is 143 cm³/mol. The number of nitrogens with zero attached hydrogens (tertiary/aromatic N) is 4. The Morgan fingerprint density at radius 3 is 2.53 bits per heavy atom. The van der Waals surface area contributed by atoms with E-state index in [0.717, 1.165) is 84.0 Å². The van der Waals surface area contributed by atoms with Gasteiger partial charge < -0.3 is 9.47 Å². The van der Waals surface area contributed by atoms with Crippen molar-refractivity contribution in [2.24, 2.45) is 0 Å². The van der Waals surface area contributed by atoms with Crippen molar-refractivity contribution in [2.45, 2.75) is 13.3 Å². The summed E-state index contributed by atoms with van der Waals surface area (Å²) < 4.78 is 13.8. The van der Waals surface area contributed by atoms with E-state index in [1.807, 2.05) is 28.8 Å². The lowest BCUT2D eigenvalue weighted by Crippen LogP contribution is -2.37. The molecule has 0 saturated carbocycles. The van der Waals surface area contributed by atoms with Gasteiger partial charge in [-0.25, -0.2) is 4.52 Å². The molecule has 5 aromatic rings. The summed E-state index contributed by atoms with van der Waals surface area (Å²) in [5, 5.41) is 14.1. The lowest BCUT2D eigenvalue weighted by atomic mass is 10.0. The third kappa shape index (κ3) is 4.57. The molecule has 0 aliphatic carbocycles.